The predicted molar refractivity (Wildman–Crippen MR) is 51.5 cm³/mol. The summed E-state index contributed by atoms with van der Waals surface area (Å²) in [5, 5.41) is 8.53. The zero-order valence-corrected chi connectivity index (χ0v) is 8.03. The molecule has 80 valence electrons. The van der Waals surface area contributed by atoms with Crippen LogP contribution in [0.4, 0.5) is 0 Å². The lowest BCUT2D eigenvalue weighted by atomic mass is 10.2. The first kappa shape index (κ1) is 9.85. The van der Waals surface area contributed by atoms with E-state index in [9.17, 15) is 9.59 Å². The fourth-order valence-corrected chi connectivity index (χ4v) is 1.42. The van der Waals surface area contributed by atoms with Gasteiger partial charge in [0.05, 0.1) is 24.4 Å². The smallest absolute Gasteiger partial charge is 0.264 e. The highest BCUT2D eigenvalue weighted by Crippen LogP contribution is 2.04. The summed E-state index contributed by atoms with van der Waals surface area (Å²) in [6.07, 6.45) is 2.13. The van der Waals surface area contributed by atoms with Gasteiger partial charge in [0.25, 0.3) is 11.5 Å². The summed E-state index contributed by atoms with van der Waals surface area (Å²) in [4.78, 5) is 22.5. The van der Waals surface area contributed by atoms with Crippen molar-refractivity contribution in [1.29, 1.82) is 0 Å². The highest BCUT2D eigenvalue weighted by atomic mass is 16.5. The normalized spacial score (nSPS) is 20.1. The topological polar surface area (TPSA) is 84.1 Å². The Kier molecular flexibility index (Phi) is 2.77. The number of carbonyl (C=O) groups is 1. The lowest BCUT2D eigenvalue weighted by Crippen LogP contribution is -2.35. The Morgan fingerprint density at radius 3 is 3.20 bits per heavy atom. The summed E-state index contributed by atoms with van der Waals surface area (Å²) in [5.41, 5.74) is -0.115. The molecule has 1 saturated heterocycles. The molecule has 1 aromatic heterocycles. The van der Waals surface area contributed by atoms with Crippen molar-refractivity contribution in [3.8, 4) is 0 Å². The highest BCUT2D eigenvalue weighted by molar-refractivity contribution is 5.93. The molecule has 0 unspecified atom stereocenters. The van der Waals surface area contributed by atoms with Crippen molar-refractivity contribution in [3.63, 3.8) is 0 Å². The van der Waals surface area contributed by atoms with Crippen molar-refractivity contribution < 1.29 is 9.53 Å². The van der Waals surface area contributed by atoms with Crippen LogP contribution < -0.4 is 10.9 Å². The summed E-state index contributed by atoms with van der Waals surface area (Å²) in [7, 11) is 0. The van der Waals surface area contributed by atoms with Gasteiger partial charge in [0.15, 0.2) is 0 Å². The van der Waals surface area contributed by atoms with Crippen molar-refractivity contribution in [2.75, 3.05) is 13.2 Å². The van der Waals surface area contributed by atoms with Gasteiger partial charge in [-0.2, -0.15) is 5.10 Å². The molecule has 0 saturated carbocycles. The standard InChI is InChI=1S/C9H11N3O3/c13-8-3-6(4-10-12-8)9(14)11-7-1-2-15-5-7/h3-4,7H,1-2,5H2,(H,11,14)(H,12,13)/t7-/m0/s1. The molecular weight excluding hydrogens is 198 g/mol. The fraction of sp³-hybridized carbons (Fsp3) is 0.444. The maximum atomic E-state index is 11.6. The van der Waals surface area contributed by atoms with Crippen molar-refractivity contribution in [2.24, 2.45) is 0 Å². The number of amides is 1. The van der Waals surface area contributed by atoms with E-state index in [1.165, 1.54) is 12.3 Å². The van der Waals surface area contributed by atoms with E-state index >= 15 is 0 Å². The second-order valence-corrected chi connectivity index (χ2v) is 3.37. The Bertz CT molecular complexity index is 409. The Morgan fingerprint density at radius 2 is 2.53 bits per heavy atom. The van der Waals surface area contributed by atoms with Crippen LogP contribution in [0.3, 0.4) is 0 Å². The van der Waals surface area contributed by atoms with E-state index in [0.29, 0.717) is 13.2 Å². The molecule has 1 aliphatic rings. The molecule has 2 N–H and O–H groups in total. The quantitative estimate of drug-likeness (QED) is 0.673. The van der Waals surface area contributed by atoms with E-state index in [-0.39, 0.29) is 23.1 Å². The number of rotatable bonds is 2. The van der Waals surface area contributed by atoms with Crippen LogP contribution in [-0.4, -0.2) is 35.4 Å². The van der Waals surface area contributed by atoms with Crippen LogP contribution in [0.5, 0.6) is 0 Å². The van der Waals surface area contributed by atoms with Crippen LogP contribution in [-0.2, 0) is 4.74 Å². The first-order valence-electron chi connectivity index (χ1n) is 4.69. The van der Waals surface area contributed by atoms with E-state index in [4.69, 9.17) is 4.74 Å². The Balaban J connectivity index is 2.04. The van der Waals surface area contributed by atoms with Crippen molar-refractivity contribution >= 4 is 5.91 Å². The fourth-order valence-electron chi connectivity index (χ4n) is 1.42. The van der Waals surface area contributed by atoms with Crippen LogP contribution >= 0.6 is 0 Å². The van der Waals surface area contributed by atoms with Gasteiger partial charge in [-0.05, 0) is 6.42 Å². The van der Waals surface area contributed by atoms with E-state index in [0.717, 1.165) is 6.42 Å². The molecule has 1 fully saturated rings. The average Bonchev–Trinajstić information content (AvgIpc) is 2.70. The molecule has 1 amide bonds. The number of carbonyl (C=O) groups excluding carboxylic acids is 1. The lowest BCUT2D eigenvalue weighted by molar-refractivity contribution is 0.0929. The third-order valence-electron chi connectivity index (χ3n) is 2.19. The Hall–Kier alpha value is -1.69. The Morgan fingerprint density at radius 1 is 1.67 bits per heavy atom. The molecule has 0 aliphatic carbocycles. The number of aromatic amines is 1. The molecule has 0 bridgehead atoms. The highest BCUT2D eigenvalue weighted by Gasteiger charge is 2.18. The predicted octanol–water partition coefficient (Wildman–Crippen LogP) is -0.711. The van der Waals surface area contributed by atoms with Crippen LogP contribution in [0.25, 0.3) is 0 Å². The molecule has 2 heterocycles. The lowest BCUT2D eigenvalue weighted by Gasteiger charge is -2.09. The summed E-state index contributed by atoms with van der Waals surface area (Å²) in [5.74, 6) is -0.288. The summed E-state index contributed by atoms with van der Waals surface area (Å²) < 4.78 is 5.12. The minimum atomic E-state index is -0.384. The zero-order valence-electron chi connectivity index (χ0n) is 8.03. The van der Waals surface area contributed by atoms with Crippen molar-refractivity contribution in [1.82, 2.24) is 15.5 Å². The Labute approximate surface area is 85.6 Å². The molecule has 1 atom stereocenters. The molecule has 0 radical (unpaired) electrons. The third-order valence-corrected chi connectivity index (χ3v) is 2.19. The number of nitrogens with one attached hydrogen (secondary N) is 2. The van der Waals surface area contributed by atoms with E-state index in [1.54, 1.807) is 0 Å². The number of nitrogens with zero attached hydrogens (tertiary/aromatic N) is 1. The second-order valence-electron chi connectivity index (χ2n) is 3.37. The number of aromatic nitrogens is 2. The van der Waals surface area contributed by atoms with Gasteiger partial charge in [-0.25, -0.2) is 5.10 Å². The van der Waals surface area contributed by atoms with Crippen LogP contribution in [0, 0.1) is 0 Å². The molecule has 6 heteroatoms. The molecule has 0 spiro atoms. The molecule has 0 aromatic carbocycles. The van der Waals surface area contributed by atoms with Gasteiger partial charge in [-0.15, -0.1) is 0 Å². The first-order valence-corrected chi connectivity index (χ1v) is 4.69. The molecule has 2 rings (SSSR count). The molecule has 15 heavy (non-hydrogen) atoms. The van der Waals surface area contributed by atoms with Crippen molar-refractivity contribution in [3.05, 3.63) is 28.2 Å². The van der Waals surface area contributed by atoms with Gasteiger partial charge < -0.3 is 10.1 Å². The van der Waals surface area contributed by atoms with Crippen LogP contribution in [0.1, 0.15) is 16.8 Å². The molecule has 6 nitrogen and oxygen atoms in total. The summed E-state index contributed by atoms with van der Waals surface area (Å²) in [6.45, 7) is 1.20. The van der Waals surface area contributed by atoms with Crippen molar-refractivity contribution in [2.45, 2.75) is 12.5 Å². The number of H-pyrrole nitrogens is 1. The number of ether oxygens (including phenoxy) is 1. The second kappa shape index (κ2) is 4.22. The summed E-state index contributed by atoms with van der Waals surface area (Å²) in [6, 6.07) is 1.26. The maximum Gasteiger partial charge on any atom is 0.264 e. The summed E-state index contributed by atoms with van der Waals surface area (Å²) >= 11 is 0. The van der Waals surface area contributed by atoms with Gasteiger partial charge >= 0.3 is 0 Å². The van der Waals surface area contributed by atoms with Gasteiger partial charge in [-0.3, -0.25) is 9.59 Å². The van der Waals surface area contributed by atoms with E-state index in [2.05, 4.69) is 15.5 Å². The molecular formula is C9H11N3O3. The molecule has 1 aliphatic heterocycles. The number of hydrogen-bond acceptors (Lipinski definition) is 4. The largest absolute Gasteiger partial charge is 0.379 e. The number of hydrogen-bond donors (Lipinski definition) is 2. The van der Waals surface area contributed by atoms with E-state index in [1.807, 2.05) is 0 Å². The maximum absolute atomic E-state index is 11.6. The third kappa shape index (κ3) is 2.41. The van der Waals surface area contributed by atoms with Gasteiger partial charge in [0, 0.05) is 12.7 Å². The monoisotopic (exact) mass is 209 g/mol. The van der Waals surface area contributed by atoms with Crippen LogP contribution in [0.2, 0.25) is 0 Å². The first-order chi connectivity index (χ1) is 7.25. The SMILES string of the molecule is O=C(N[C@H]1CCOC1)c1cn[nH]c(=O)c1. The van der Waals surface area contributed by atoms with Gasteiger partial charge in [-0.1, -0.05) is 0 Å². The van der Waals surface area contributed by atoms with E-state index < -0.39 is 0 Å². The minimum Gasteiger partial charge on any atom is -0.379 e. The minimum absolute atomic E-state index is 0.0387. The molecule has 1 aromatic rings. The average molecular weight is 209 g/mol. The van der Waals surface area contributed by atoms with Gasteiger partial charge in [0.2, 0.25) is 0 Å². The van der Waals surface area contributed by atoms with Gasteiger partial charge in [0.1, 0.15) is 0 Å². The zero-order chi connectivity index (χ0) is 10.7. The van der Waals surface area contributed by atoms with Crippen LogP contribution in [0.15, 0.2) is 17.1 Å².